The van der Waals surface area contributed by atoms with Crippen molar-refractivity contribution < 1.29 is 0 Å². The van der Waals surface area contributed by atoms with E-state index >= 15 is 0 Å². The van der Waals surface area contributed by atoms with E-state index < -0.39 is 0 Å². The van der Waals surface area contributed by atoms with E-state index in [0.717, 1.165) is 11.5 Å². The van der Waals surface area contributed by atoms with E-state index in [4.69, 9.17) is 0 Å². The zero-order valence-corrected chi connectivity index (χ0v) is 9.07. The Morgan fingerprint density at radius 2 is 2.13 bits per heavy atom. The Bertz CT molecular complexity index is 532. The first-order valence-electron chi connectivity index (χ1n) is 4.94. The Morgan fingerprint density at radius 3 is 2.80 bits per heavy atom. The molecule has 1 aromatic carbocycles. The Labute approximate surface area is 89.6 Å². The highest BCUT2D eigenvalue weighted by atomic mass is 15.1. The Kier molecular flexibility index (Phi) is 2.42. The van der Waals surface area contributed by atoms with Crippen LogP contribution in [0, 0.1) is 0 Å². The van der Waals surface area contributed by atoms with Crippen molar-refractivity contribution in [3.63, 3.8) is 0 Å². The van der Waals surface area contributed by atoms with Gasteiger partial charge in [-0.15, -0.1) is 0 Å². The van der Waals surface area contributed by atoms with Gasteiger partial charge in [0.05, 0.1) is 5.52 Å². The minimum Gasteiger partial charge on any atom is -0.298 e. The van der Waals surface area contributed by atoms with Crippen LogP contribution in [0.5, 0.6) is 0 Å². The molecule has 1 aromatic heterocycles. The lowest BCUT2D eigenvalue weighted by atomic mass is 10.2. The number of rotatable bonds is 1. The monoisotopic (exact) mass is 198 g/mol. The standard InChI is InChI=1S/C13H14N2/c1-4-12-9-11-7-5-6-8-13(11)15(12)10(2)14-3/h4-9H,1H2,2-3H3. The number of benzene rings is 1. The zero-order chi connectivity index (χ0) is 10.8. The lowest BCUT2D eigenvalue weighted by Gasteiger charge is -2.06. The van der Waals surface area contributed by atoms with E-state index in [2.05, 4.69) is 34.3 Å². The lowest BCUT2D eigenvalue weighted by molar-refractivity contribution is 1.15. The molecule has 0 bridgehead atoms. The van der Waals surface area contributed by atoms with Gasteiger partial charge in [-0.05, 0) is 25.1 Å². The van der Waals surface area contributed by atoms with Crippen LogP contribution in [-0.2, 0) is 0 Å². The van der Waals surface area contributed by atoms with Gasteiger partial charge in [0.25, 0.3) is 0 Å². The van der Waals surface area contributed by atoms with Crippen LogP contribution in [0.2, 0.25) is 0 Å². The smallest absolute Gasteiger partial charge is 0.104 e. The number of fused-ring (bicyclic) bond motifs is 1. The van der Waals surface area contributed by atoms with Crippen molar-refractivity contribution in [1.29, 1.82) is 0 Å². The summed E-state index contributed by atoms with van der Waals surface area (Å²) in [6.45, 7) is 5.83. The average molecular weight is 198 g/mol. The quantitative estimate of drug-likeness (QED) is 0.494. The van der Waals surface area contributed by atoms with E-state index in [1.807, 2.05) is 25.1 Å². The van der Waals surface area contributed by atoms with E-state index in [1.165, 1.54) is 10.9 Å². The van der Waals surface area contributed by atoms with Crippen LogP contribution in [0.15, 0.2) is 41.9 Å². The van der Waals surface area contributed by atoms with Crippen molar-refractivity contribution >= 4 is 22.8 Å². The van der Waals surface area contributed by atoms with Crippen LogP contribution < -0.4 is 0 Å². The van der Waals surface area contributed by atoms with Crippen LogP contribution in [0.3, 0.4) is 0 Å². The Balaban J connectivity index is 2.84. The Hall–Kier alpha value is -1.83. The Morgan fingerprint density at radius 1 is 1.40 bits per heavy atom. The first-order chi connectivity index (χ1) is 7.27. The van der Waals surface area contributed by atoms with E-state index in [1.54, 1.807) is 7.05 Å². The maximum absolute atomic E-state index is 4.22. The molecule has 0 saturated heterocycles. The summed E-state index contributed by atoms with van der Waals surface area (Å²) in [6.07, 6.45) is 1.86. The fraction of sp³-hybridized carbons (Fsp3) is 0.154. The molecule has 0 spiro atoms. The molecule has 0 radical (unpaired) electrons. The summed E-state index contributed by atoms with van der Waals surface area (Å²) in [4.78, 5) is 4.22. The fourth-order valence-corrected chi connectivity index (χ4v) is 1.79. The highest BCUT2D eigenvalue weighted by Crippen LogP contribution is 2.20. The van der Waals surface area contributed by atoms with Crippen LogP contribution in [-0.4, -0.2) is 17.5 Å². The summed E-state index contributed by atoms with van der Waals surface area (Å²) in [7, 11) is 1.80. The van der Waals surface area contributed by atoms with Gasteiger partial charge >= 0.3 is 0 Å². The number of aliphatic imine (C=N–C) groups is 1. The SMILES string of the molecule is C=Cc1cc2ccccc2n1C(C)=NC. The van der Waals surface area contributed by atoms with Gasteiger partial charge in [0.2, 0.25) is 0 Å². The summed E-state index contributed by atoms with van der Waals surface area (Å²) in [5, 5.41) is 1.22. The molecule has 0 unspecified atom stereocenters. The average Bonchev–Trinajstić information content (AvgIpc) is 2.66. The summed E-state index contributed by atoms with van der Waals surface area (Å²) in [5.41, 5.74) is 2.26. The highest BCUT2D eigenvalue weighted by molar-refractivity contribution is 5.96. The molecular formula is C13H14N2. The van der Waals surface area contributed by atoms with Gasteiger partial charge < -0.3 is 0 Å². The number of para-hydroxylation sites is 1. The third-order valence-electron chi connectivity index (χ3n) is 2.60. The zero-order valence-electron chi connectivity index (χ0n) is 9.07. The summed E-state index contributed by atoms with van der Waals surface area (Å²) >= 11 is 0. The molecule has 1 heterocycles. The molecule has 2 aromatic rings. The first-order valence-corrected chi connectivity index (χ1v) is 4.94. The predicted octanol–water partition coefficient (Wildman–Crippen LogP) is 3.18. The molecule has 2 heteroatoms. The summed E-state index contributed by atoms with van der Waals surface area (Å²) in [5.74, 6) is 0.978. The van der Waals surface area contributed by atoms with Gasteiger partial charge in [0, 0.05) is 18.1 Å². The minimum absolute atomic E-state index is 0.978. The van der Waals surface area contributed by atoms with Gasteiger partial charge in [0.1, 0.15) is 5.84 Å². The minimum atomic E-state index is 0.978. The second-order valence-electron chi connectivity index (χ2n) is 3.44. The molecule has 2 nitrogen and oxygen atoms in total. The molecule has 0 fully saturated rings. The largest absolute Gasteiger partial charge is 0.298 e. The van der Waals surface area contributed by atoms with E-state index in [9.17, 15) is 0 Å². The second kappa shape index (κ2) is 3.73. The molecule has 0 saturated carbocycles. The number of hydrogen-bond donors (Lipinski definition) is 0. The predicted molar refractivity (Wildman–Crippen MR) is 66.5 cm³/mol. The maximum atomic E-state index is 4.22. The molecule has 0 aliphatic carbocycles. The van der Waals surface area contributed by atoms with Crippen molar-refractivity contribution in [3.8, 4) is 0 Å². The molecule has 0 aliphatic rings. The number of aromatic nitrogens is 1. The van der Waals surface area contributed by atoms with Crippen molar-refractivity contribution in [1.82, 2.24) is 4.57 Å². The van der Waals surface area contributed by atoms with Crippen molar-refractivity contribution in [2.75, 3.05) is 7.05 Å². The van der Waals surface area contributed by atoms with Gasteiger partial charge in [-0.1, -0.05) is 24.8 Å². The van der Waals surface area contributed by atoms with Gasteiger partial charge in [-0.3, -0.25) is 9.56 Å². The summed E-state index contributed by atoms with van der Waals surface area (Å²) < 4.78 is 2.11. The van der Waals surface area contributed by atoms with Crippen LogP contribution in [0.4, 0.5) is 0 Å². The molecule has 0 amide bonds. The van der Waals surface area contributed by atoms with E-state index in [0.29, 0.717) is 0 Å². The molecule has 15 heavy (non-hydrogen) atoms. The highest BCUT2D eigenvalue weighted by Gasteiger charge is 2.06. The lowest BCUT2D eigenvalue weighted by Crippen LogP contribution is -2.08. The van der Waals surface area contributed by atoms with Crippen molar-refractivity contribution in [3.05, 3.63) is 42.6 Å². The molecule has 76 valence electrons. The van der Waals surface area contributed by atoms with Gasteiger partial charge in [-0.25, -0.2) is 0 Å². The number of hydrogen-bond acceptors (Lipinski definition) is 1. The summed E-state index contributed by atoms with van der Waals surface area (Å²) in [6, 6.07) is 10.4. The molecule has 2 rings (SSSR count). The second-order valence-corrected chi connectivity index (χ2v) is 3.44. The van der Waals surface area contributed by atoms with Crippen LogP contribution in [0.25, 0.3) is 17.0 Å². The van der Waals surface area contributed by atoms with Crippen LogP contribution in [0.1, 0.15) is 12.6 Å². The topological polar surface area (TPSA) is 17.3 Å². The van der Waals surface area contributed by atoms with Gasteiger partial charge in [0.15, 0.2) is 0 Å². The maximum Gasteiger partial charge on any atom is 0.104 e. The number of nitrogens with zero attached hydrogens (tertiary/aromatic N) is 2. The third kappa shape index (κ3) is 1.48. The first kappa shape index (κ1) is 9.71. The molecular weight excluding hydrogens is 184 g/mol. The van der Waals surface area contributed by atoms with Crippen molar-refractivity contribution in [2.24, 2.45) is 4.99 Å². The van der Waals surface area contributed by atoms with Crippen LogP contribution >= 0.6 is 0 Å². The molecule has 0 atom stereocenters. The van der Waals surface area contributed by atoms with Gasteiger partial charge in [-0.2, -0.15) is 0 Å². The molecule has 0 aliphatic heterocycles. The van der Waals surface area contributed by atoms with Crippen molar-refractivity contribution in [2.45, 2.75) is 6.92 Å². The fourth-order valence-electron chi connectivity index (χ4n) is 1.79. The third-order valence-corrected chi connectivity index (χ3v) is 2.60. The molecule has 0 N–H and O–H groups in total. The van der Waals surface area contributed by atoms with E-state index in [-0.39, 0.29) is 0 Å². The normalized spacial score (nSPS) is 12.0.